The first-order chi connectivity index (χ1) is 12.8. The van der Waals surface area contributed by atoms with Gasteiger partial charge < -0.3 is 15.0 Å². The Morgan fingerprint density at radius 3 is 2.74 bits per heavy atom. The maximum Gasteiger partial charge on any atom is 0.305 e. The summed E-state index contributed by atoms with van der Waals surface area (Å²) in [6, 6.07) is 4.71. The fourth-order valence-corrected chi connectivity index (χ4v) is 3.60. The normalized spacial score (nSPS) is 20.8. The molecule has 1 aromatic heterocycles. The number of carbonyl (C=O) groups is 1. The van der Waals surface area contributed by atoms with E-state index in [9.17, 15) is 14.9 Å². The summed E-state index contributed by atoms with van der Waals surface area (Å²) in [6.07, 6.45) is 2.61. The predicted molar refractivity (Wildman–Crippen MR) is 97.1 cm³/mol. The van der Waals surface area contributed by atoms with E-state index in [1.165, 1.54) is 6.07 Å². The third-order valence-electron chi connectivity index (χ3n) is 5.21. The standard InChI is InChI=1S/C18H23N5O4/c1-12(2)17(24)20-11-13-9-18(27-13)5-7-22(8-6-18)16-4-3-15(23(25)26)14(10-19)21-16/h3-4,12-13H,5-9,11H2,1-2H3,(H,20,24)/t13-/m1/s1. The van der Waals surface area contributed by atoms with Crippen LogP contribution in [0.3, 0.4) is 0 Å². The van der Waals surface area contributed by atoms with E-state index in [1.54, 1.807) is 12.1 Å². The molecule has 3 rings (SSSR count). The molecule has 3 heterocycles. The van der Waals surface area contributed by atoms with Gasteiger partial charge in [0.1, 0.15) is 11.9 Å². The van der Waals surface area contributed by atoms with Crippen LogP contribution in [0.5, 0.6) is 0 Å². The van der Waals surface area contributed by atoms with Gasteiger partial charge in [0.15, 0.2) is 0 Å². The largest absolute Gasteiger partial charge is 0.370 e. The summed E-state index contributed by atoms with van der Waals surface area (Å²) in [4.78, 5) is 28.1. The molecule has 9 heteroatoms. The Balaban J connectivity index is 1.52. The van der Waals surface area contributed by atoms with E-state index in [0.717, 1.165) is 19.3 Å². The zero-order chi connectivity index (χ0) is 19.6. The second kappa shape index (κ2) is 7.48. The van der Waals surface area contributed by atoms with Gasteiger partial charge in [0.05, 0.1) is 16.6 Å². The van der Waals surface area contributed by atoms with E-state index in [2.05, 4.69) is 10.3 Å². The number of nitro groups is 1. The number of rotatable bonds is 5. The third kappa shape index (κ3) is 4.01. The average molecular weight is 373 g/mol. The lowest BCUT2D eigenvalue weighted by Gasteiger charge is -2.52. The van der Waals surface area contributed by atoms with Crippen LogP contribution in [0.25, 0.3) is 0 Å². The van der Waals surface area contributed by atoms with Crippen molar-refractivity contribution in [2.24, 2.45) is 5.92 Å². The summed E-state index contributed by atoms with van der Waals surface area (Å²) in [7, 11) is 0. The number of amides is 1. The predicted octanol–water partition coefficient (Wildman–Crippen LogP) is 1.76. The Labute approximate surface area is 157 Å². The smallest absolute Gasteiger partial charge is 0.305 e. The van der Waals surface area contributed by atoms with Crippen molar-refractivity contribution in [2.45, 2.75) is 44.8 Å². The van der Waals surface area contributed by atoms with Crippen LogP contribution in [0, 0.1) is 27.4 Å². The second-order valence-electron chi connectivity index (χ2n) is 7.42. The molecule has 1 atom stereocenters. The molecule has 1 amide bonds. The highest BCUT2D eigenvalue weighted by molar-refractivity contribution is 5.77. The van der Waals surface area contributed by atoms with Crippen LogP contribution in [-0.4, -0.2) is 47.2 Å². The monoisotopic (exact) mass is 373 g/mol. The van der Waals surface area contributed by atoms with Crippen molar-refractivity contribution >= 4 is 17.4 Å². The Morgan fingerprint density at radius 1 is 1.52 bits per heavy atom. The van der Waals surface area contributed by atoms with Gasteiger partial charge in [0.25, 0.3) is 0 Å². The van der Waals surface area contributed by atoms with Crippen molar-refractivity contribution in [3.63, 3.8) is 0 Å². The number of ether oxygens (including phenoxy) is 1. The second-order valence-corrected chi connectivity index (χ2v) is 7.42. The Bertz CT molecular complexity index is 772. The van der Waals surface area contributed by atoms with Gasteiger partial charge in [-0.25, -0.2) is 4.98 Å². The van der Waals surface area contributed by atoms with Gasteiger partial charge in [0, 0.05) is 38.0 Å². The van der Waals surface area contributed by atoms with Crippen molar-refractivity contribution < 1.29 is 14.5 Å². The summed E-state index contributed by atoms with van der Waals surface area (Å²) in [6.45, 7) is 5.68. The number of piperidine rings is 1. The molecule has 2 saturated heterocycles. The number of hydrogen-bond acceptors (Lipinski definition) is 7. The number of aromatic nitrogens is 1. The summed E-state index contributed by atoms with van der Waals surface area (Å²) >= 11 is 0. The molecule has 1 spiro atoms. The number of anilines is 1. The first-order valence-electron chi connectivity index (χ1n) is 9.09. The minimum Gasteiger partial charge on any atom is -0.370 e. The van der Waals surface area contributed by atoms with Crippen molar-refractivity contribution in [3.8, 4) is 6.07 Å². The molecule has 0 saturated carbocycles. The lowest BCUT2D eigenvalue weighted by atomic mass is 9.80. The van der Waals surface area contributed by atoms with Crippen LogP contribution in [0.15, 0.2) is 12.1 Å². The minimum atomic E-state index is -0.596. The molecule has 0 bridgehead atoms. The van der Waals surface area contributed by atoms with E-state index in [0.29, 0.717) is 25.5 Å². The van der Waals surface area contributed by atoms with Crippen LogP contribution in [0.4, 0.5) is 11.5 Å². The first-order valence-corrected chi connectivity index (χ1v) is 9.09. The Hall–Kier alpha value is -2.73. The van der Waals surface area contributed by atoms with Crippen molar-refractivity contribution in [3.05, 3.63) is 27.9 Å². The van der Waals surface area contributed by atoms with Gasteiger partial charge in [-0.15, -0.1) is 0 Å². The number of hydrogen-bond donors (Lipinski definition) is 1. The molecule has 27 heavy (non-hydrogen) atoms. The van der Waals surface area contributed by atoms with Crippen LogP contribution >= 0.6 is 0 Å². The molecule has 0 aromatic carbocycles. The van der Waals surface area contributed by atoms with Gasteiger partial charge in [-0.3, -0.25) is 14.9 Å². The molecule has 1 aromatic rings. The van der Waals surface area contributed by atoms with Crippen molar-refractivity contribution in [1.82, 2.24) is 10.3 Å². The number of carbonyl (C=O) groups excluding carboxylic acids is 1. The summed E-state index contributed by atoms with van der Waals surface area (Å²) in [5.74, 6) is 0.578. The van der Waals surface area contributed by atoms with E-state index in [4.69, 9.17) is 10.00 Å². The molecule has 2 aliphatic heterocycles. The molecule has 144 valence electrons. The number of pyridine rings is 1. The lowest BCUT2D eigenvalue weighted by molar-refractivity contribution is -0.385. The Morgan fingerprint density at radius 2 is 2.19 bits per heavy atom. The minimum absolute atomic E-state index is 0.0326. The van der Waals surface area contributed by atoms with E-state index < -0.39 is 4.92 Å². The van der Waals surface area contributed by atoms with Gasteiger partial charge >= 0.3 is 5.69 Å². The molecular formula is C18H23N5O4. The molecule has 0 radical (unpaired) electrons. The molecule has 2 fully saturated rings. The summed E-state index contributed by atoms with van der Waals surface area (Å²) in [5, 5.41) is 22.9. The summed E-state index contributed by atoms with van der Waals surface area (Å²) in [5.41, 5.74) is -0.593. The van der Waals surface area contributed by atoms with Crippen molar-refractivity contribution in [1.29, 1.82) is 5.26 Å². The van der Waals surface area contributed by atoms with E-state index in [-0.39, 0.29) is 34.9 Å². The van der Waals surface area contributed by atoms with Crippen molar-refractivity contribution in [2.75, 3.05) is 24.5 Å². The number of nitriles is 1. The average Bonchev–Trinajstić information content (AvgIpc) is 2.63. The molecule has 2 aliphatic rings. The first kappa shape index (κ1) is 19.0. The fraction of sp³-hybridized carbons (Fsp3) is 0.611. The lowest BCUT2D eigenvalue weighted by Crippen LogP contribution is -2.59. The Kier molecular flexibility index (Phi) is 5.28. The maximum atomic E-state index is 11.6. The SMILES string of the molecule is CC(C)C(=O)NC[C@H]1CC2(CCN(c3ccc([N+](=O)[O-])c(C#N)n3)CC2)O1. The van der Waals surface area contributed by atoms with Crippen LogP contribution < -0.4 is 10.2 Å². The zero-order valence-electron chi connectivity index (χ0n) is 15.5. The number of nitrogens with zero attached hydrogens (tertiary/aromatic N) is 4. The molecular weight excluding hydrogens is 350 g/mol. The summed E-state index contributed by atoms with van der Waals surface area (Å²) < 4.78 is 6.07. The molecule has 0 unspecified atom stereocenters. The third-order valence-corrected chi connectivity index (χ3v) is 5.21. The molecule has 9 nitrogen and oxygen atoms in total. The van der Waals surface area contributed by atoms with Gasteiger partial charge in [0.2, 0.25) is 11.6 Å². The maximum absolute atomic E-state index is 11.6. The van der Waals surface area contributed by atoms with Gasteiger partial charge in [-0.05, 0) is 18.9 Å². The topological polar surface area (TPSA) is 121 Å². The van der Waals surface area contributed by atoms with Crippen LogP contribution in [0.2, 0.25) is 0 Å². The zero-order valence-corrected chi connectivity index (χ0v) is 15.5. The van der Waals surface area contributed by atoms with Crippen LogP contribution in [-0.2, 0) is 9.53 Å². The number of nitrogens with one attached hydrogen (secondary N) is 1. The highest BCUT2D eigenvalue weighted by Gasteiger charge is 2.47. The quantitative estimate of drug-likeness (QED) is 0.616. The fourth-order valence-electron chi connectivity index (χ4n) is 3.60. The highest BCUT2D eigenvalue weighted by atomic mass is 16.6. The van der Waals surface area contributed by atoms with E-state index in [1.807, 2.05) is 18.7 Å². The van der Waals surface area contributed by atoms with Gasteiger partial charge in [-0.2, -0.15) is 5.26 Å². The molecule has 1 N–H and O–H groups in total. The van der Waals surface area contributed by atoms with E-state index >= 15 is 0 Å². The van der Waals surface area contributed by atoms with Gasteiger partial charge in [-0.1, -0.05) is 13.8 Å². The highest BCUT2D eigenvalue weighted by Crippen LogP contribution is 2.41. The molecule has 0 aliphatic carbocycles. The van der Waals surface area contributed by atoms with Crippen LogP contribution in [0.1, 0.15) is 38.8 Å².